The van der Waals surface area contributed by atoms with Crippen LogP contribution in [0.1, 0.15) is 20.7 Å². The zero-order valence-electron chi connectivity index (χ0n) is 13.2. The first-order chi connectivity index (χ1) is 11.3. The number of ether oxygens (including phenoxy) is 2. The minimum Gasteiger partial charge on any atom is -0.545 e. The Morgan fingerprint density at radius 1 is 0.800 bits per heavy atom. The summed E-state index contributed by atoms with van der Waals surface area (Å²) in [6, 6.07) is 7.36. The van der Waals surface area contributed by atoms with Crippen LogP contribution in [-0.4, -0.2) is 36.4 Å². The van der Waals surface area contributed by atoms with Crippen molar-refractivity contribution in [1.29, 1.82) is 0 Å². The molecular weight excluding hydrogens is 376 g/mol. The van der Waals surface area contributed by atoms with Crippen molar-refractivity contribution in [2.45, 2.75) is 0 Å². The van der Waals surface area contributed by atoms with Crippen LogP contribution in [0.4, 0.5) is 0 Å². The van der Waals surface area contributed by atoms with Crippen LogP contribution in [0.2, 0.25) is 0 Å². The Balaban J connectivity index is 0.000000443. The third-order valence-corrected chi connectivity index (χ3v) is 2.83. The van der Waals surface area contributed by atoms with E-state index in [0.717, 1.165) is 0 Å². The monoisotopic (exact) mass is 390 g/mol. The predicted molar refractivity (Wildman–Crippen MR) is 78.0 cm³/mol. The number of carboxylic acids is 2. The quantitative estimate of drug-likeness (QED) is 0.668. The van der Waals surface area contributed by atoms with Crippen LogP contribution in [0.3, 0.4) is 0 Å². The van der Waals surface area contributed by atoms with Crippen LogP contribution in [0.15, 0.2) is 36.4 Å². The number of hydrogen-bond donors (Lipinski definition) is 2. The molecule has 0 bridgehead atoms. The third-order valence-electron chi connectivity index (χ3n) is 2.83. The van der Waals surface area contributed by atoms with Crippen LogP contribution >= 0.6 is 0 Å². The first-order valence-corrected chi connectivity index (χ1v) is 6.46. The number of carboxylic acid groups (broad SMARTS) is 2. The molecule has 0 aliphatic rings. The van der Waals surface area contributed by atoms with Crippen molar-refractivity contribution in [3.05, 3.63) is 47.5 Å². The van der Waals surface area contributed by atoms with Gasteiger partial charge in [-0.25, -0.2) is 0 Å². The second kappa shape index (κ2) is 10.1. The fraction of sp³-hybridized carbons (Fsp3) is 0.125. The molecule has 0 saturated heterocycles. The molecule has 0 amide bonds. The van der Waals surface area contributed by atoms with Crippen LogP contribution in [0.5, 0.6) is 23.0 Å². The van der Waals surface area contributed by atoms with Gasteiger partial charge < -0.3 is 39.5 Å². The molecule has 0 unspecified atom stereocenters. The Morgan fingerprint density at radius 3 is 1.36 bits per heavy atom. The molecule has 25 heavy (non-hydrogen) atoms. The first kappa shape index (κ1) is 22.1. The predicted octanol–water partition coefficient (Wildman–Crippen LogP) is -0.474. The van der Waals surface area contributed by atoms with Crippen LogP contribution < -0.4 is 19.7 Å². The number of carbonyl (C=O) groups is 2. The van der Waals surface area contributed by atoms with E-state index < -0.39 is 11.9 Å². The molecule has 8 nitrogen and oxygen atoms in total. The Hall–Kier alpha value is -2.90. The summed E-state index contributed by atoms with van der Waals surface area (Å²) in [6.45, 7) is 0. The van der Waals surface area contributed by atoms with Gasteiger partial charge in [0.1, 0.15) is 0 Å². The van der Waals surface area contributed by atoms with E-state index in [0.29, 0.717) is 0 Å². The second-order valence-electron chi connectivity index (χ2n) is 4.35. The van der Waals surface area contributed by atoms with Crippen LogP contribution in [0, 0.1) is 0 Å². The molecule has 0 heterocycles. The number of carbonyl (C=O) groups excluding carboxylic acids is 2. The molecule has 2 aromatic carbocycles. The smallest absolute Gasteiger partial charge is 0.545 e. The standard InChI is InChI=1S/2C8H8O4.Fe/c2*1-12-7-4-5(8(10)11)2-3-6(7)9;/h2*2-4,9H,1H3,(H,10,11);/q;;+2/p-2. The minimum absolute atomic E-state index is 0. The topological polar surface area (TPSA) is 139 Å². The van der Waals surface area contributed by atoms with E-state index in [4.69, 9.17) is 19.7 Å². The largest absolute Gasteiger partial charge is 2.00 e. The third kappa shape index (κ3) is 6.25. The zero-order valence-corrected chi connectivity index (χ0v) is 14.3. The average molecular weight is 390 g/mol. The van der Waals surface area contributed by atoms with Gasteiger partial charge in [-0.2, -0.15) is 0 Å². The molecule has 2 aromatic rings. The van der Waals surface area contributed by atoms with Gasteiger partial charge in [0.15, 0.2) is 23.0 Å². The first-order valence-electron chi connectivity index (χ1n) is 6.46. The van der Waals surface area contributed by atoms with Crippen molar-refractivity contribution in [3.8, 4) is 23.0 Å². The summed E-state index contributed by atoms with van der Waals surface area (Å²) in [7, 11) is 2.68. The number of methoxy groups -OCH3 is 2. The normalized spacial score (nSPS) is 9.04. The Kier molecular flexibility index (Phi) is 8.90. The maximum Gasteiger partial charge on any atom is 2.00 e. The van der Waals surface area contributed by atoms with E-state index in [2.05, 4.69) is 0 Å². The van der Waals surface area contributed by atoms with Gasteiger partial charge in [-0.15, -0.1) is 0 Å². The summed E-state index contributed by atoms with van der Waals surface area (Å²) in [5, 5.41) is 38.8. The van der Waals surface area contributed by atoms with Gasteiger partial charge in [0.05, 0.1) is 26.2 Å². The number of benzene rings is 2. The summed E-state index contributed by atoms with van der Waals surface area (Å²) in [6.07, 6.45) is 0. The molecule has 2 N–H and O–H groups in total. The maximum atomic E-state index is 10.3. The molecule has 2 rings (SSSR count). The molecule has 0 saturated carbocycles. The van der Waals surface area contributed by atoms with Gasteiger partial charge in [-0.3, -0.25) is 0 Å². The number of hydrogen-bond acceptors (Lipinski definition) is 8. The molecular formula is C16H14FeO8. The molecule has 134 valence electrons. The Bertz CT molecular complexity index is 681. The Labute approximate surface area is 153 Å². The molecule has 0 spiro atoms. The average Bonchev–Trinajstić information content (AvgIpc) is 2.55. The number of phenolic OH excluding ortho intramolecular Hbond substituents is 2. The van der Waals surface area contributed by atoms with E-state index in [9.17, 15) is 19.8 Å². The van der Waals surface area contributed by atoms with Gasteiger partial charge in [-0.05, 0) is 36.4 Å². The van der Waals surface area contributed by atoms with Gasteiger partial charge in [0.2, 0.25) is 0 Å². The van der Waals surface area contributed by atoms with Crippen LogP contribution in [0.25, 0.3) is 0 Å². The fourth-order valence-electron chi connectivity index (χ4n) is 1.61. The van der Waals surface area contributed by atoms with E-state index in [1.807, 2.05) is 0 Å². The van der Waals surface area contributed by atoms with Crippen molar-refractivity contribution in [3.63, 3.8) is 0 Å². The number of aromatic hydroxyl groups is 2. The number of aromatic carboxylic acids is 2. The molecule has 0 aliphatic heterocycles. The second-order valence-corrected chi connectivity index (χ2v) is 4.35. The number of phenols is 2. The molecule has 0 radical (unpaired) electrons. The van der Waals surface area contributed by atoms with Crippen molar-refractivity contribution in [2.75, 3.05) is 14.2 Å². The summed E-state index contributed by atoms with van der Waals surface area (Å²) in [5.41, 5.74) is -0.0469. The van der Waals surface area contributed by atoms with Crippen molar-refractivity contribution in [2.24, 2.45) is 0 Å². The molecule has 0 aromatic heterocycles. The zero-order chi connectivity index (χ0) is 18.3. The Morgan fingerprint density at radius 2 is 1.12 bits per heavy atom. The van der Waals surface area contributed by atoms with Crippen molar-refractivity contribution < 1.29 is 56.6 Å². The summed E-state index contributed by atoms with van der Waals surface area (Å²) in [5.74, 6) is -2.54. The summed E-state index contributed by atoms with van der Waals surface area (Å²) >= 11 is 0. The molecule has 0 aliphatic carbocycles. The summed E-state index contributed by atoms with van der Waals surface area (Å²) < 4.78 is 9.39. The van der Waals surface area contributed by atoms with Gasteiger partial charge in [0, 0.05) is 11.1 Å². The molecule has 0 atom stereocenters. The van der Waals surface area contributed by atoms with Crippen molar-refractivity contribution in [1.82, 2.24) is 0 Å². The maximum absolute atomic E-state index is 10.3. The van der Waals surface area contributed by atoms with E-state index in [-0.39, 0.29) is 51.2 Å². The van der Waals surface area contributed by atoms with Gasteiger partial charge >= 0.3 is 17.1 Å². The van der Waals surface area contributed by atoms with E-state index in [1.165, 1.54) is 50.6 Å². The number of rotatable bonds is 4. The minimum atomic E-state index is -1.30. The van der Waals surface area contributed by atoms with E-state index >= 15 is 0 Å². The molecule has 0 fully saturated rings. The van der Waals surface area contributed by atoms with Gasteiger partial charge in [-0.1, -0.05) is 0 Å². The fourth-order valence-corrected chi connectivity index (χ4v) is 1.61. The van der Waals surface area contributed by atoms with E-state index in [1.54, 1.807) is 0 Å². The van der Waals surface area contributed by atoms with Crippen LogP contribution in [-0.2, 0) is 17.1 Å². The van der Waals surface area contributed by atoms with Crippen molar-refractivity contribution >= 4 is 11.9 Å². The molecule has 9 heteroatoms. The SMILES string of the molecule is COc1cc(C(=O)[O-])ccc1O.COc1cc(C(=O)[O-])ccc1O.[Fe+2]. The van der Waals surface area contributed by atoms with Gasteiger partial charge in [0.25, 0.3) is 0 Å². The summed E-state index contributed by atoms with van der Waals surface area (Å²) in [4.78, 5) is 20.7.